The number of ether oxygens (including phenoxy) is 1. The predicted octanol–water partition coefficient (Wildman–Crippen LogP) is 2.34. The largest absolute Gasteiger partial charge is 0.457 e. The Hall–Kier alpha value is -1.75. The molecule has 1 N–H and O–H groups in total. The average molecular weight is 237 g/mol. The zero-order chi connectivity index (χ0) is 11.1. The number of anilines is 1. The Balaban J connectivity index is 2.05. The van der Waals surface area contributed by atoms with Crippen LogP contribution in [-0.2, 0) is 4.74 Å². The molecule has 0 saturated heterocycles. The van der Waals surface area contributed by atoms with Gasteiger partial charge >= 0.3 is 0 Å². The van der Waals surface area contributed by atoms with E-state index in [4.69, 9.17) is 16.3 Å². The van der Waals surface area contributed by atoms with Crippen LogP contribution in [-0.4, -0.2) is 22.6 Å². The molecule has 3 rings (SSSR count). The maximum absolute atomic E-state index is 5.90. The lowest BCUT2D eigenvalue weighted by atomic mass is 10.3. The lowest BCUT2D eigenvalue weighted by molar-refractivity contribution is 0.333. The first-order valence-electron chi connectivity index (χ1n) is 4.83. The minimum Gasteiger partial charge on any atom is -0.457 e. The van der Waals surface area contributed by atoms with E-state index in [2.05, 4.69) is 15.1 Å². The van der Waals surface area contributed by atoms with Gasteiger partial charge in [-0.15, -0.1) is 5.10 Å². The lowest BCUT2D eigenvalue weighted by Crippen LogP contribution is -2.14. The summed E-state index contributed by atoms with van der Waals surface area (Å²) in [5.41, 5.74) is 1.75. The monoisotopic (exact) mass is 236 g/mol. The summed E-state index contributed by atoms with van der Waals surface area (Å²) in [5.74, 6) is 1.30. The Morgan fingerprint density at radius 2 is 2.38 bits per heavy atom. The van der Waals surface area contributed by atoms with Crippen LogP contribution in [0.5, 0.6) is 0 Å². The van der Waals surface area contributed by atoms with Crippen molar-refractivity contribution in [2.75, 3.05) is 11.7 Å². The third kappa shape index (κ3) is 1.49. The van der Waals surface area contributed by atoms with Crippen LogP contribution in [0.1, 0.15) is 6.92 Å². The summed E-state index contributed by atoms with van der Waals surface area (Å²) in [6.45, 7) is 2.19. The summed E-state index contributed by atoms with van der Waals surface area (Å²) in [4.78, 5) is 7.54. The molecule has 16 heavy (non-hydrogen) atoms. The second-order valence-electron chi connectivity index (χ2n) is 3.51. The molecule has 5 nitrogen and oxygen atoms in total. The quantitative estimate of drug-likeness (QED) is 0.827. The number of benzene rings is 1. The number of aromatic nitrogens is 2. The van der Waals surface area contributed by atoms with E-state index < -0.39 is 0 Å². The van der Waals surface area contributed by atoms with E-state index in [1.165, 1.54) is 0 Å². The number of rotatable bonds is 1. The molecule has 0 aliphatic carbocycles. The third-order valence-corrected chi connectivity index (χ3v) is 2.57. The molecule has 0 unspecified atom stereocenters. The second-order valence-corrected chi connectivity index (χ2v) is 3.95. The number of imidazole rings is 1. The Morgan fingerprint density at radius 1 is 1.50 bits per heavy atom. The number of nitrogens with one attached hydrogen (secondary N) is 1. The molecule has 1 aliphatic rings. The molecule has 0 radical (unpaired) electrons. The summed E-state index contributed by atoms with van der Waals surface area (Å²) in [7, 11) is 0. The van der Waals surface area contributed by atoms with Gasteiger partial charge < -0.3 is 9.72 Å². The molecule has 0 amide bonds. The van der Waals surface area contributed by atoms with Crippen LogP contribution in [0.4, 0.5) is 5.95 Å². The van der Waals surface area contributed by atoms with Gasteiger partial charge in [0.25, 0.3) is 0 Å². The molecule has 0 bridgehead atoms. The van der Waals surface area contributed by atoms with Gasteiger partial charge in [0.1, 0.15) is 0 Å². The van der Waals surface area contributed by atoms with E-state index in [9.17, 15) is 0 Å². The van der Waals surface area contributed by atoms with Gasteiger partial charge in [-0.2, -0.15) is 5.01 Å². The summed E-state index contributed by atoms with van der Waals surface area (Å²) in [6.07, 6.45) is 0. The zero-order valence-corrected chi connectivity index (χ0v) is 9.32. The molecule has 1 aromatic carbocycles. The van der Waals surface area contributed by atoms with Gasteiger partial charge in [-0.25, -0.2) is 4.98 Å². The van der Waals surface area contributed by atoms with Crippen molar-refractivity contribution < 1.29 is 4.74 Å². The molecule has 2 heterocycles. The molecule has 2 aromatic rings. The van der Waals surface area contributed by atoms with Crippen molar-refractivity contribution in [3.8, 4) is 0 Å². The Morgan fingerprint density at radius 3 is 3.12 bits per heavy atom. The van der Waals surface area contributed by atoms with Crippen molar-refractivity contribution in [2.45, 2.75) is 6.92 Å². The summed E-state index contributed by atoms with van der Waals surface area (Å²) in [5, 5.41) is 6.53. The summed E-state index contributed by atoms with van der Waals surface area (Å²) < 4.78 is 5.23. The van der Waals surface area contributed by atoms with Gasteiger partial charge in [0.15, 0.2) is 6.73 Å². The first-order chi connectivity index (χ1) is 7.72. The molecular formula is C10H9ClN4O. The van der Waals surface area contributed by atoms with Crippen molar-refractivity contribution in [1.82, 2.24) is 9.97 Å². The van der Waals surface area contributed by atoms with Crippen molar-refractivity contribution in [1.29, 1.82) is 0 Å². The fourth-order valence-corrected chi connectivity index (χ4v) is 1.75. The number of H-pyrrole nitrogens is 1. The van der Waals surface area contributed by atoms with Gasteiger partial charge in [0.05, 0.1) is 11.0 Å². The molecule has 0 spiro atoms. The second kappa shape index (κ2) is 3.38. The first kappa shape index (κ1) is 9.47. The number of halogens is 1. The van der Waals surface area contributed by atoms with Gasteiger partial charge in [0.2, 0.25) is 11.8 Å². The van der Waals surface area contributed by atoms with Crippen LogP contribution < -0.4 is 5.01 Å². The molecule has 0 saturated carbocycles. The number of nitrogens with zero attached hydrogens (tertiary/aromatic N) is 3. The van der Waals surface area contributed by atoms with Crippen molar-refractivity contribution in [2.24, 2.45) is 5.10 Å². The number of hydrazone groups is 1. The molecular weight excluding hydrogens is 228 g/mol. The molecule has 1 aliphatic heterocycles. The van der Waals surface area contributed by atoms with E-state index >= 15 is 0 Å². The van der Waals surface area contributed by atoms with Crippen LogP contribution in [0.15, 0.2) is 23.3 Å². The SMILES string of the molecule is CC1=NN(c2nc3ccc(Cl)cc3[nH]2)CO1. The normalized spacial score (nSPS) is 15.4. The minimum atomic E-state index is 0.388. The Kier molecular flexibility index (Phi) is 2.00. The van der Waals surface area contributed by atoms with Crippen LogP contribution in [0.25, 0.3) is 11.0 Å². The highest BCUT2D eigenvalue weighted by molar-refractivity contribution is 6.31. The van der Waals surface area contributed by atoms with Crippen molar-refractivity contribution >= 4 is 34.5 Å². The number of hydrogen-bond acceptors (Lipinski definition) is 4. The van der Waals surface area contributed by atoms with Crippen molar-refractivity contribution in [3.05, 3.63) is 23.2 Å². The molecule has 0 atom stereocenters. The number of fused-ring (bicyclic) bond motifs is 1. The number of hydrogen-bond donors (Lipinski definition) is 1. The van der Waals surface area contributed by atoms with E-state index in [-0.39, 0.29) is 0 Å². The molecule has 1 aromatic heterocycles. The topological polar surface area (TPSA) is 53.5 Å². The van der Waals surface area contributed by atoms with Crippen LogP contribution in [0.2, 0.25) is 5.02 Å². The van der Waals surface area contributed by atoms with Crippen molar-refractivity contribution in [3.63, 3.8) is 0 Å². The van der Waals surface area contributed by atoms with E-state index in [0.717, 1.165) is 11.0 Å². The van der Waals surface area contributed by atoms with Gasteiger partial charge in [-0.05, 0) is 18.2 Å². The van der Waals surface area contributed by atoms with Crippen LogP contribution in [0, 0.1) is 0 Å². The Labute approximate surface area is 96.7 Å². The van der Waals surface area contributed by atoms with Crippen LogP contribution >= 0.6 is 11.6 Å². The fourth-order valence-electron chi connectivity index (χ4n) is 1.58. The summed E-state index contributed by atoms with van der Waals surface area (Å²) in [6, 6.07) is 5.51. The van der Waals surface area contributed by atoms with Crippen LogP contribution in [0.3, 0.4) is 0 Å². The number of aromatic amines is 1. The van der Waals surface area contributed by atoms with Gasteiger partial charge in [-0.3, -0.25) is 0 Å². The molecule has 6 heteroatoms. The standard InChI is InChI=1S/C10H9ClN4O/c1-6-14-15(5-16-6)10-12-8-3-2-7(11)4-9(8)13-10/h2-4H,5H2,1H3,(H,12,13). The lowest BCUT2D eigenvalue weighted by Gasteiger charge is -2.05. The van der Waals surface area contributed by atoms with E-state index in [1.807, 2.05) is 18.2 Å². The average Bonchev–Trinajstić information content (AvgIpc) is 2.83. The minimum absolute atomic E-state index is 0.388. The predicted molar refractivity (Wildman–Crippen MR) is 62.6 cm³/mol. The Bertz CT molecular complexity index is 577. The smallest absolute Gasteiger partial charge is 0.227 e. The zero-order valence-electron chi connectivity index (χ0n) is 8.57. The fraction of sp³-hybridized carbons (Fsp3) is 0.200. The highest BCUT2D eigenvalue weighted by Crippen LogP contribution is 2.22. The van der Waals surface area contributed by atoms with Gasteiger partial charge in [-0.1, -0.05) is 11.6 Å². The first-order valence-corrected chi connectivity index (χ1v) is 5.21. The third-order valence-electron chi connectivity index (χ3n) is 2.33. The van der Waals surface area contributed by atoms with E-state index in [1.54, 1.807) is 11.9 Å². The maximum atomic E-state index is 5.90. The highest BCUT2D eigenvalue weighted by Gasteiger charge is 2.17. The molecule has 0 fully saturated rings. The highest BCUT2D eigenvalue weighted by atomic mass is 35.5. The maximum Gasteiger partial charge on any atom is 0.227 e. The molecule has 82 valence electrons. The van der Waals surface area contributed by atoms with E-state index in [0.29, 0.717) is 23.6 Å². The summed E-state index contributed by atoms with van der Waals surface area (Å²) >= 11 is 5.90. The van der Waals surface area contributed by atoms with Gasteiger partial charge in [0, 0.05) is 11.9 Å².